The molecule has 4 heteroatoms. The molecule has 1 amide bonds. The summed E-state index contributed by atoms with van der Waals surface area (Å²) in [6, 6.07) is -0.384. The molecule has 0 aromatic rings. The van der Waals surface area contributed by atoms with Crippen LogP contribution in [-0.4, -0.2) is 23.0 Å². The van der Waals surface area contributed by atoms with Crippen LogP contribution in [0.15, 0.2) is 12.7 Å². The van der Waals surface area contributed by atoms with Crippen molar-refractivity contribution in [1.82, 2.24) is 5.32 Å². The Hall–Kier alpha value is -1.32. The standard InChI is InChI=1S/C10H17NO3/c1-5-8(12)11-7(6-9(13)14)10(2,3)4/h5,7H,1,6H2,2-4H3,(H,11,12)(H,13,14). The van der Waals surface area contributed by atoms with Crippen LogP contribution in [0.2, 0.25) is 0 Å². The van der Waals surface area contributed by atoms with E-state index in [4.69, 9.17) is 5.11 Å². The number of carboxylic acid groups (broad SMARTS) is 1. The molecule has 2 N–H and O–H groups in total. The first-order chi connectivity index (χ1) is 6.27. The normalized spacial score (nSPS) is 13.1. The second kappa shape index (κ2) is 4.79. The maximum absolute atomic E-state index is 11.0. The van der Waals surface area contributed by atoms with E-state index < -0.39 is 5.97 Å². The summed E-state index contributed by atoms with van der Waals surface area (Å²) in [5.74, 6) is -1.26. The van der Waals surface area contributed by atoms with E-state index in [0.29, 0.717) is 0 Å². The lowest BCUT2D eigenvalue weighted by molar-refractivity contribution is -0.138. The predicted molar refractivity (Wildman–Crippen MR) is 53.8 cm³/mol. The summed E-state index contributed by atoms with van der Waals surface area (Å²) in [6.07, 6.45) is 1.06. The number of carbonyl (C=O) groups is 2. The number of hydrogen-bond donors (Lipinski definition) is 2. The molecule has 0 aliphatic heterocycles. The first-order valence-electron chi connectivity index (χ1n) is 4.42. The molecule has 0 saturated heterocycles. The minimum Gasteiger partial charge on any atom is -0.481 e. The van der Waals surface area contributed by atoms with Gasteiger partial charge in [0, 0.05) is 6.04 Å². The molecule has 0 fully saturated rings. The van der Waals surface area contributed by atoms with E-state index in [1.165, 1.54) is 0 Å². The summed E-state index contributed by atoms with van der Waals surface area (Å²) in [7, 11) is 0. The van der Waals surface area contributed by atoms with Crippen molar-refractivity contribution >= 4 is 11.9 Å². The lowest BCUT2D eigenvalue weighted by Crippen LogP contribution is -2.44. The molecule has 1 unspecified atom stereocenters. The summed E-state index contributed by atoms with van der Waals surface area (Å²) in [6.45, 7) is 8.95. The molecular formula is C10H17NO3. The fourth-order valence-electron chi connectivity index (χ4n) is 0.979. The highest BCUT2D eigenvalue weighted by atomic mass is 16.4. The minimum atomic E-state index is -0.922. The summed E-state index contributed by atoms with van der Waals surface area (Å²) < 4.78 is 0. The smallest absolute Gasteiger partial charge is 0.305 e. The lowest BCUT2D eigenvalue weighted by atomic mass is 9.85. The van der Waals surface area contributed by atoms with Crippen molar-refractivity contribution in [3.05, 3.63) is 12.7 Å². The third kappa shape index (κ3) is 4.64. The third-order valence-electron chi connectivity index (χ3n) is 1.93. The van der Waals surface area contributed by atoms with Crippen LogP contribution in [-0.2, 0) is 9.59 Å². The molecule has 4 nitrogen and oxygen atoms in total. The van der Waals surface area contributed by atoms with Crippen molar-refractivity contribution in [3.63, 3.8) is 0 Å². The predicted octanol–water partition coefficient (Wildman–Crippen LogP) is 1.18. The van der Waals surface area contributed by atoms with Crippen LogP contribution in [0.4, 0.5) is 0 Å². The fourth-order valence-corrected chi connectivity index (χ4v) is 0.979. The number of aliphatic carboxylic acids is 1. The SMILES string of the molecule is C=CC(=O)NC(CC(=O)O)C(C)(C)C. The van der Waals surface area contributed by atoms with Crippen LogP contribution in [0, 0.1) is 5.41 Å². The molecule has 80 valence electrons. The van der Waals surface area contributed by atoms with Gasteiger partial charge in [0.1, 0.15) is 0 Å². The second-order valence-corrected chi connectivity index (χ2v) is 4.23. The highest BCUT2D eigenvalue weighted by Crippen LogP contribution is 2.21. The van der Waals surface area contributed by atoms with Gasteiger partial charge in [-0.3, -0.25) is 9.59 Å². The van der Waals surface area contributed by atoms with Crippen molar-refractivity contribution < 1.29 is 14.7 Å². The number of amides is 1. The number of nitrogens with one attached hydrogen (secondary N) is 1. The van der Waals surface area contributed by atoms with Gasteiger partial charge in [-0.15, -0.1) is 0 Å². The van der Waals surface area contributed by atoms with E-state index in [2.05, 4.69) is 11.9 Å². The van der Waals surface area contributed by atoms with Crippen LogP contribution in [0.25, 0.3) is 0 Å². The molecule has 0 spiro atoms. The second-order valence-electron chi connectivity index (χ2n) is 4.23. The van der Waals surface area contributed by atoms with Gasteiger partial charge in [-0.25, -0.2) is 0 Å². The van der Waals surface area contributed by atoms with Crippen LogP contribution in [0.1, 0.15) is 27.2 Å². The Balaban J connectivity index is 4.48. The molecule has 0 radical (unpaired) electrons. The average Bonchev–Trinajstić information content (AvgIpc) is 2.00. The van der Waals surface area contributed by atoms with Gasteiger partial charge in [-0.2, -0.15) is 0 Å². The zero-order valence-corrected chi connectivity index (χ0v) is 8.83. The van der Waals surface area contributed by atoms with Crippen molar-refractivity contribution in [2.24, 2.45) is 5.41 Å². The zero-order valence-electron chi connectivity index (χ0n) is 8.83. The fraction of sp³-hybridized carbons (Fsp3) is 0.600. The van der Waals surface area contributed by atoms with E-state index in [-0.39, 0.29) is 23.8 Å². The van der Waals surface area contributed by atoms with E-state index in [1.807, 2.05) is 20.8 Å². The van der Waals surface area contributed by atoms with E-state index in [0.717, 1.165) is 6.08 Å². The Labute approximate surface area is 84.0 Å². The van der Waals surface area contributed by atoms with Gasteiger partial charge in [-0.05, 0) is 11.5 Å². The van der Waals surface area contributed by atoms with Crippen molar-refractivity contribution in [2.45, 2.75) is 33.2 Å². The van der Waals surface area contributed by atoms with E-state index in [1.54, 1.807) is 0 Å². The maximum atomic E-state index is 11.0. The monoisotopic (exact) mass is 199 g/mol. The average molecular weight is 199 g/mol. The zero-order chi connectivity index (χ0) is 11.4. The van der Waals surface area contributed by atoms with Gasteiger partial charge < -0.3 is 10.4 Å². The van der Waals surface area contributed by atoms with E-state index in [9.17, 15) is 9.59 Å². The first-order valence-corrected chi connectivity index (χ1v) is 4.42. The molecule has 0 saturated carbocycles. The van der Waals surface area contributed by atoms with Crippen LogP contribution in [0.3, 0.4) is 0 Å². The minimum absolute atomic E-state index is 0.0803. The maximum Gasteiger partial charge on any atom is 0.305 e. The number of hydrogen-bond acceptors (Lipinski definition) is 2. The Morgan fingerprint density at radius 3 is 2.29 bits per heavy atom. The molecule has 14 heavy (non-hydrogen) atoms. The summed E-state index contributed by atoms with van der Waals surface area (Å²) in [5.41, 5.74) is -0.281. The van der Waals surface area contributed by atoms with E-state index >= 15 is 0 Å². The largest absolute Gasteiger partial charge is 0.481 e. The highest BCUT2D eigenvalue weighted by Gasteiger charge is 2.27. The lowest BCUT2D eigenvalue weighted by Gasteiger charge is -2.29. The molecule has 0 aromatic carbocycles. The topological polar surface area (TPSA) is 66.4 Å². The van der Waals surface area contributed by atoms with Gasteiger partial charge in [0.05, 0.1) is 6.42 Å². The molecular weight excluding hydrogens is 182 g/mol. The van der Waals surface area contributed by atoms with Crippen molar-refractivity contribution in [3.8, 4) is 0 Å². The quantitative estimate of drug-likeness (QED) is 0.668. The molecule has 0 aliphatic rings. The molecule has 0 rings (SSSR count). The number of carboxylic acids is 1. The molecule has 1 atom stereocenters. The van der Waals surface area contributed by atoms with Crippen molar-refractivity contribution in [1.29, 1.82) is 0 Å². The number of carbonyl (C=O) groups excluding carboxylic acids is 1. The van der Waals surface area contributed by atoms with Crippen LogP contribution >= 0.6 is 0 Å². The van der Waals surface area contributed by atoms with Crippen molar-refractivity contribution in [2.75, 3.05) is 0 Å². The highest BCUT2D eigenvalue weighted by molar-refractivity contribution is 5.87. The van der Waals surface area contributed by atoms with Gasteiger partial charge in [0.15, 0.2) is 0 Å². The van der Waals surface area contributed by atoms with Crippen LogP contribution < -0.4 is 5.32 Å². The van der Waals surface area contributed by atoms with Gasteiger partial charge >= 0.3 is 5.97 Å². The van der Waals surface area contributed by atoms with Crippen LogP contribution in [0.5, 0.6) is 0 Å². The molecule has 0 bridgehead atoms. The molecule has 0 heterocycles. The summed E-state index contributed by atoms with van der Waals surface area (Å²) >= 11 is 0. The Morgan fingerprint density at radius 2 is 2.00 bits per heavy atom. The van der Waals surface area contributed by atoms with Gasteiger partial charge in [-0.1, -0.05) is 27.4 Å². The first kappa shape index (κ1) is 12.7. The summed E-state index contributed by atoms with van der Waals surface area (Å²) in [4.78, 5) is 21.6. The van der Waals surface area contributed by atoms with Gasteiger partial charge in [0.2, 0.25) is 5.91 Å². The Kier molecular flexibility index (Phi) is 4.34. The number of rotatable bonds is 4. The summed E-state index contributed by atoms with van der Waals surface area (Å²) in [5, 5.41) is 11.3. The Morgan fingerprint density at radius 1 is 1.50 bits per heavy atom. The van der Waals surface area contributed by atoms with Gasteiger partial charge in [0.25, 0.3) is 0 Å². The Bertz CT molecular complexity index is 240. The third-order valence-corrected chi connectivity index (χ3v) is 1.93. The molecule has 0 aromatic heterocycles. The molecule has 0 aliphatic carbocycles.